The van der Waals surface area contributed by atoms with Crippen molar-refractivity contribution in [2.45, 2.75) is 12.5 Å². The third-order valence-corrected chi connectivity index (χ3v) is 1.65. The molecule has 1 unspecified atom stereocenters. The zero-order valence-electron chi connectivity index (χ0n) is 5.42. The van der Waals surface area contributed by atoms with Gasteiger partial charge in [0.2, 0.25) is 0 Å². The monoisotopic (exact) mass is 154 g/mol. The van der Waals surface area contributed by atoms with E-state index in [1.54, 1.807) is 6.08 Å². The lowest BCUT2D eigenvalue weighted by Crippen LogP contribution is -2.11. The highest BCUT2D eigenvalue weighted by Crippen LogP contribution is 2.07. The van der Waals surface area contributed by atoms with E-state index < -0.39 is 0 Å². The Morgan fingerprint density at radius 1 is 1.90 bits per heavy atom. The van der Waals surface area contributed by atoms with Crippen LogP contribution in [0.1, 0.15) is 6.42 Å². The number of rotatable bonds is 1. The lowest BCUT2D eigenvalue weighted by atomic mass is 10.1. The minimum Gasteiger partial charge on any atom is -0.269 e. The van der Waals surface area contributed by atoms with E-state index in [1.165, 1.54) is 0 Å². The van der Waals surface area contributed by atoms with E-state index >= 15 is 0 Å². The topological polar surface area (TPSA) is 36.1 Å². The second kappa shape index (κ2) is 3.38. The molecule has 0 amide bonds. The van der Waals surface area contributed by atoms with E-state index in [1.807, 2.05) is 12.1 Å². The average Bonchev–Trinajstić information content (AvgIpc) is 2.05. The van der Waals surface area contributed by atoms with E-state index in [0.717, 1.165) is 6.42 Å². The predicted octanol–water partition coefficient (Wildman–Crippen LogP) is 1.52. The number of hydrogen-bond acceptors (Lipinski definition) is 2. The number of nitriles is 1. The van der Waals surface area contributed by atoms with Crippen LogP contribution in [0.2, 0.25) is 0 Å². The summed E-state index contributed by atoms with van der Waals surface area (Å²) >= 11 is 5.55. The third-order valence-electron chi connectivity index (χ3n) is 1.30. The van der Waals surface area contributed by atoms with Crippen molar-refractivity contribution in [1.29, 1.82) is 5.26 Å². The van der Waals surface area contributed by atoms with Gasteiger partial charge in [0.05, 0.1) is 6.04 Å². The molecule has 0 saturated heterocycles. The molecule has 0 fully saturated rings. The zero-order valence-corrected chi connectivity index (χ0v) is 6.17. The first kappa shape index (κ1) is 7.30. The second-order valence-electron chi connectivity index (χ2n) is 2.07. The van der Waals surface area contributed by atoms with Gasteiger partial charge in [-0.1, -0.05) is 6.08 Å². The van der Waals surface area contributed by atoms with Gasteiger partial charge in [-0.2, -0.15) is 5.26 Å². The number of aliphatic imine (C=N–C) groups is 1. The van der Waals surface area contributed by atoms with Crippen LogP contribution in [0.3, 0.4) is 0 Å². The molecular weight excluding hydrogens is 148 g/mol. The molecule has 1 aliphatic rings. The summed E-state index contributed by atoms with van der Waals surface area (Å²) in [4.78, 5) is 4.06. The molecule has 0 saturated carbocycles. The Kier molecular flexibility index (Phi) is 2.47. The molecule has 3 heteroatoms. The van der Waals surface area contributed by atoms with Crippen LogP contribution >= 0.6 is 11.6 Å². The van der Waals surface area contributed by atoms with Crippen LogP contribution in [0.25, 0.3) is 0 Å². The summed E-state index contributed by atoms with van der Waals surface area (Å²) in [6, 6.07) is 2.09. The highest BCUT2D eigenvalue weighted by atomic mass is 35.5. The fourth-order valence-corrected chi connectivity index (χ4v) is 0.988. The lowest BCUT2D eigenvalue weighted by molar-refractivity contribution is 0.761. The van der Waals surface area contributed by atoms with Crippen molar-refractivity contribution in [3.63, 3.8) is 0 Å². The fourth-order valence-electron chi connectivity index (χ4n) is 0.793. The molecule has 2 nitrogen and oxygen atoms in total. The Hall–Kier alpha value is -0.810. The Bertz CT molecular complexity index is 212. The second-order valence-corrected chi connectivity index (χ2v) is 2.38. The van der Waals surface area contributed by atoms with Crippen LogP contribution < -0.4 is 0 Å². The van der Waals surface area contributed by atoms with Crippen LogP contribution in [-0.2, 0) is 0 Å². The van der Waals surface area contributed by atoms with Crippen molar-refractivity contribution in [1.82, 2.24) is 0 Å². The lowest BCUT2D eigenvalue weighted by Gasteiger charge is -2.08. The van der Waals surface area contributed by atoms with Crippen molar-refractivity contribution in [2.75, 3.05) is 5.88 Å². The summed E-state index contributed by atoms with van der Waals surface area (Å²) < 4.78 is 0. The molecule has 0 bridgehead atoms. The molecule has 0 aromatic rings. The van der Waals surface area contributed by atoms with Crippen molar-refractivity contribution in [2.24, 2.45) is 4.99 Å². The molecule has 1 rings (SSSR count). The molecule has 1 aliphatic heterocycles. The normalized spacial score (nSPS) is 23.6. The van der Waals surface area contributed by atoms with E-state index in [0.29, 0.717) is 11.6 Å². The molecule has 10 heavy (non-hydrogen) atoms. The first-order chi connectivity index (χ1) is 4.86. The van der Waals surface area contributed by atoms with Crippen LogP contribution in [0.15, 0.2) is 17.1 Å². The summed E-state index contributed by atoms with van der Waals surface area (Å²) in [7, 11) is 0. The van der Waals surface area contributed by atoms with Crippen molar-refractivity contribution in [3.8, 4) is 6.07 Å². The Morgan fingerprint density at radius 3 is 3.30 bits per heavy atom. The van der Waals surface area contributed by atoms with E-state index in [2.05, 4.69) is 4.99 Å². The minimum atomic E-state index is 0.112. The van der Waals surface area contributed by atoms with Gasteiger partial charge < -0.3 is 0 Å². The smallest absolute Gasteiger partial charge is 0.135 e. The summed E-state index contributed by atoms with van der Waals surface area (Å²) in [5.41, 5.74) is 0.483. The number of halogens is 1. The summed E-state index contributed by atoms with van der Waals surface area (Å²) in [6.45, 7) is 0. The number of nitrogens with zero attached hydrogens (tertiary/aromatic N) is 2. The molecule has 0 spiro atoms. The Labute approximate surface area is 64.8 Å². The molecule has 0 radical (unpaired) electrons. The maximum Gasteiger partial charge on any atom is 0.135 e. The zero-order chi connectivity index (χ0) is 7.40. The molecule has 0 aromatic carbocycles. The molecule has 1 heterocycles. The minimum absolute atomic E-state index is 0.112. The van der Waals surface area contributed by atoms with Gasteiger partial charge >= 0.3 is 0 Å². The number of allylic oxidation sites excluding steroid dienone is 1. The standard InChI is InChI=1S/C7H7ClN2/c8-4-6-2-1-3-7(5-9)10-6/h1,3,6H,2,4H2. The first-order valence-corrected chi connectivity index (χ1v) is 3.60. The van der Waals surface area contributed by atoms with Crippen molar-refractivity contribution in [3.05, 3.63) is 12.2 Å². The molecule has 0 N–H and O–H groups in total. The van der Waals surface area contributed by atoms with Gasteiger partial charge in [0, 0.05) is 5.88 Å². The van der Waals surface area contributed by atoms with Gasteiger partial charge in [0.1, 0.15) is 11.8 Å². The molecular formula is C7H7ClN2. The molecule has 52 valence electrons. The highest BCUT2D eigenvalue weighted by Gasteiger charge is 2.07. The number of hydrogen-bond donors (Lipinski definition) is 0. The number of alkyl halides is 1. The predicted molar refractivity (Wildman–Crippen MR) is 41.3 cm³/mol. The highest BCUT2D eigenvalue weighted by molar-refractivity contribution is 6.18. The SMILES string of the molecule is N#CC1=NC(CCl)CC=C1. The summed E-state index contributed by atoms with van der Waals surface area (Å²) in [5, 5.41) is 8.43. The fraction of sp³-hybridized carbons (Fsp3) is 0.429. The van der Waals surface area contributed by atoms with Crippen LogP contribution in [-0.4, -0.2) is 17.6 Å². The van der Waals surface area contributed by atoms with Crippen molar-refractivity contribution < 1.29 is 0 Å². The van der Waals surface area contributed by atoms with Crippen LogP contribution in [0, 0.1) is 11.3 Å². The van der Waals surface area contributed by atoms with E-state index in [9.17, 15) is 0 Å². The average molecular weight is 155 g/mol. The Morgan fingerprint density at radius 2 is 2.70 bits per heavy atom. The summed E-state index contributed by atoms with van der Waals surface area (Å²) in [6.07, 6.45) is 4.51. The van der Waals surface area contributed by atoms with Gasteiger partial charge in [-0.15, -0.1) is 11.6 Å². The van der Waals surface area contributed by atoms with Crippen LogP contribution in [0.5, 0.6) is 0 Å². The quantitative estimate of drug-likeness (QED) is 0.528. The van der Waals surface area contributed by atoms with Gasteiger partial charge in [-0.25, -0.2) is 0 Å². The molecule has 0 aliphatic carbocycles. The summed E-state index contributed by atoms with van der Waals surface area (Å²) in [5.74, 6) is 0.496. The maximum absolute atomic E-state index is 8.43. The van der Waals surface area contributed by atoms with E-state index in [4.69, 9.17) is 16.9 Å². The maximum atomic E-state index is 8.43. The van der Waals surface area contributed by atoms with E-state index in [-0.39, 0.29) is 6.04 Å². The van der Waals surface area contributed by atoms with Gasteiger partial charge in [-0.05, 0) is 12.5 Å². The van der Waals surface area contributed by atoms with Gasteiger partial charge in [-0.3, -0.25) is 4.99 Å². The third kappa shape index (κ3) is 1.58. The largest absolute Gasteiger partial charge is 0.269 e. The van der Waals surface area contributed by atoms with Gasteiger partial charge in [0.25, 0.3) is 0 Å². The van der Waals surface area contributed by atoms with Crippen LogP contribution in [0.4, 0.5) is 0 Å². The van der Waals surface area contributed by atoms with Crippen molar-refractivity contribution >= 4 is 17.3 Å². The van der Waals surface area contributed by atoms with Gasteiger partial charge in [0.15, 0.2) is 0 Å². The number of dihydropyridines is 1. The first-order valence-electron chi connectivity index (χ1n) is 3.07. The molecule has 1 atom stereocenters. The molecule has 0 aromatic heterocycles. The Balaban J connectivity index is 2.67.